The van der Waals surface area contributed by atoms with Gasteiger partial charge in [0.1, 0.15) is 0 Å². The van der Waals surface area contributed by atoms with Crippen molar-refractivity contribution in [2.24, 2.45) is 0 Å². The fourth-order valence-electron chi connectivity index (χ4n) is 2.10. The molecule has 2 rings (SSSR count). The van der Waals surface area contributed by atoms with Gasteiger partial charge in [0.15, 0.2) is 0 Å². The van der Waals surface area contributed by atoms with E-state index in [1.54, 1.807) is 24.3 Å². The minimum atomic E-state index is 0.0667. The molecule has 1 aromatic carbocycles. The highest BCUT2D eigenvalue weighted by molar-refractivity contribution is 5.91. The maximum absolute atomic E-state index is 11.9. The average Bonchev–Trinajstić information content (AvgIpc) is 2.46. The lowest BCUT2D eigenvalue weighted by atomic mass is 10.1. The number of carbonyl (C=O) groups is 1. The summed E-state index contributed by atoms with van der Waals surface area (Å²) in [4.78, 5) is 13.8. The zero-order valence-corrected chi connectivity index (χ0v) is 10.3. The number of hydrogen-bond donors (Lipinski definition) is 0. The average molecular weight is 240 g/mol. The third kappa shape index (κ3) is 3.21. The van der Waals surface area contributed by atoms with Crippen LogP contribution < -0.4 is 0 Å². The van der Waals surface area contributed by atoms with Gasteiger partial charge in [0.2, 0.25) is 5.91 Å². The molecule has 3 heteroatoms. The predicted octanol–water partition coefficient (Wildman–Crippen LogP) is 2.58. The summed E-state index contributed by atoms with van der Waals surface area (Å²) in [5.41, 5.74) is 1.50. The fourth-order valence-corrected chi connectivity index (χ4v) is 2.10. The molecule has 0 saturated carbocycles. The molecule has 18 heavy (non-hydrogen) atoms. The molecule has 0 radical (unpaired) electrons. The van der Waals surface area contributed by atoms with Gasteiger partial charge in [-0.1, -0.05) is 12.1 Å². The Morgan fingerprint density at radius 1 is 1.28 bits per heavy atom. The van der Waals surface area contributed by atoms with E-state index in [0.717, 1.165) is 31.5 Å². The van der Waals surface area contributed by atoms with Gasteiger partial charge in [-0.15, -0.1) is 0 Å². The second-order valence-corrected chi connectivity index (χ2v) is 4.46. The molecule has 1 fully saturated rings. The SMILES string of the molecule is N#Cc1cccc(/C=C/C(=O)N2CCCCC2)c1. The smallest absolute Gasteiger partial charge is 0.246 e. The number of carbonyl (C=O) groups excluding carboxylic acids is 1. The molecule has 3 nitrogen and oxygen atoms in total. The van der Waals surface area contributed by atoms with Gasteiger partial charge < -0.3 is 4.90 Å². The minimum absolute atomic E-state index is 0.0667. The van der Waals surface area contributed by atoms with Crippen molar-refractivity contribution in [1.82, 2.24) is 4.90 Å². The van der Waals surface area contributed by atoms with Crippen LogP contribution in [-0.4, -0.2) is 23.9 Å². The van der Waals surface area contributed by atoms with E-state index in [2.05, 4.69) is 6.07 Å². The summed E-state index contributed by atoms with van der Waals surface area (Å²) >= 11 is 0. The summed E-state index contributed by atoms with van der Waals surface area (Å²) in [5, 5.41) is 8.79. The number of amides is 1. The van der Waals surface area contributed by atoms with Gasteiger partial charge in [-0.3, -0.25) is 4.79 Å². The van der Waals surface area contributed by atoms with E-state index in [0.29, 0.717) is 5.56 Å². The van der Waals surface area contributed by atoms with Crippen LogP contribution in [0.1, 0.15) is 30.4 Å². The van der Waals surface area contributed by atoms with Crippen molar-refractivity contribution in [1.29, 1.82) is 5.26 Å². The molecule has 1 amide bonds. The predicted molar refractivity (Wildman–Crippen MR) is 70.6 cm³/mol. The van der Waals surface area contributed by atoms with Crippen LogP contribution in [0.5, 0.6) is 0 Å². The molecule has 1 heterocycles. The van der Waals surface area contributed by atoms with Crippen LogP contribution in [-0.2, 0) is 4.79 Å². The lowest BCUT2D eigenvalue weighted by Gasteiger charge is -2.25. The molecule has 92 valence electrons. The van der Waals surface area contributed by atoms with Gasteiger partial charge in [0, 0.05) is 19.2 Å². The van der Waals surface area contributed by atoms with E-state index in [4.69, 9.17) is 5.26 Å². The molecule has 0 spiro atoms. The Morgan fingerprint density at radius 3 is 2.78 bits per heavy atom. The normalized spacial score (nSPS) is 15.6. The Labute approximate surface area is 107 Å². The second kappa shape index (κ2) is 6.02. The van der Waals surface area contributed by atoms with Gasteiger partial charge >= 0.3 is 0 Å². The molecule has 1 aliphatic heterocycles. The monoisotopic (exact) mass is 240 g/mol. The Hall–Kier alpha value is -2.08. The van der Waals surface area contributed by atoms with Crippen LogP contribution in [0, 0.1) is 11.3 Å². The molecule has 0 aliphatic carbocycles. The first-order valence-electron chi connectivity index (χ1n) is 6.27. The van der Waals surface area contributed by atoms with E-state index >= 15 is 0 Å². The third-order valence-electron chi connectivity index (χ3n) is 3.10. The molecule has 0 aromatic heterocycles. The second-order valence-electron chi connectivity index (χ2n) is 4.46. The van der Waals surface area contributed by atoms with Crippen molar-refractivity contribution in [3.8, 4) is 6.07 Å². The van der Waals surface area contributed by atoms with Gasteiger partial charge in [0.05, 0.1) is 11.6 Å². The van der Waals surface area contributed by atoms with Crippen molar-refractivity contribution >= 4 is 12.0 Å². The van der Waals surface area contributed by atoms with E-state index in [-0.39, 0.29) is 5.91 Å². The standard InChI is InChI=1S/C15H16N2O/c16-12-14-6-4-5-13(11-14)7-8-15(18)17-9-2-1-3-10-17/h4-8,11H,1-3,9-10H2/b8-7+. The van der Waals surface area contributed by atoms with E-state index < -0.39 is 0 Å². The van der Waals surface area contributed by atoms with Gasteiger partial charge in [-0.25, -0.2) is 0 Å². The molecule has 1 saturated heterocycles. The summed E-state index contributed by atoms with van der Waals surface area (Å²) < 4.78 is 0. The Morgan fingerprint density at radius 2 is 2.06 bits per heavy atom. The zero-order valence-electron chi connectivity index (χ0n) is 10.3. The molecule has 0 bridgehead atoms. The number of nitrogens with zero attached hydrogens (tertiary/aromatic N) is 2. The Balaban J connectivity index is 2.01. The number of hydrogen-bond acceptors (Lipinski definition) is 2. The summed E-state index contributed by atoms with van der Waals surface area (Å²) in [6, 6.07) is 9.33. The summed E-state index contributed by atoms with van der Waals surface area (Å²) in [7, 11) is 0. The van der Waals surface area contributed by atoms with Crippen molar-refractivity contribution in [3.63, 3.8) is 0 Å². The van der Waals surface area contributed by atoms with Gasteiger partial charge in [-0.05, 0) is 43.0 Å². The summed E-state index contributed by atoms with van der Waals surface area (Å²) in [6.07, 6.45) is 6.80. The minimum Gasteiger partial charge on any atom is -0.339 e. The lowest BCUT2D eigenvalue weighted by molar-refractivity contribution is -0.126. The number of likely N-dealkylation sites (tertiary alicyclic amines) is 1. The largest absolute Gasteiger partial charge is 0.339 e. The van der Waals surface area contributed by atoms with Crippen molar-refractivity contribution in [3.05, 3.63) is 41.5 Å². The maximum Gasteiger partial charge on any atom is 0.246 e. The molecule has 1 aliphatic rings. The van der Waals surface area contributed by atoms with E-state index in [9.17, 15) is 4.79 Å². The van der Waals surface area contributed by atoms with Crippen molar-refractivity contribution in [2.75, 3.05) is 13.1 Å². The summed E-state index contributed by atoms with van der Waals surface area (Å²) in [6.45, 7) is 1.73. The molecular formula is C15H16N2O. The quantitative estimate of drug-likeness (QED) is 0.746. The fraction of sp³-hybridized carbons (Fsp3) is 0.333. The van der Waals surface area contributed by atoms with Gasteiger partial charge in [0.25, 0.3) is 0 Å². The molecule has 0 atom stereocenters. The van der Waals surface area contributed by atoms with Crippen molar-refractivity contribution < 1.29 is 4.79 Å². The number of benzene rings is 1. The van der Waals surface area contributed by atoms with Crippen LogP contribution in [0.3, 0.4) is 0 Å². The molecule has 0 N–H and O–H groups in total. The van der Waals surface area contributed by atoms with Crippen LogP contribution >= 0.6 is 0 Å². The Bertz CT molecular complexity index is 493. The first kappa shape index (κ1) is 12.4. The number of rotatable bonds is 2. The molecule has 0 unspecified atom stereocenters. The van der Waals surface area contributed by atoms with Crippen LogP contribution in [0.15, 0.2) is 30.3 Å². The first-order chi connectivity index (χ1) is 8.79. The molecule has 1 aromatic rings. The van der Waals surface area contributed by atoms with Crippen LogP contribution in [0.4, 0.5) is 0 Å². The van der Waals surface area contributed by atoms with Crippen LogP contribution in [0.2, 0.25) is 0 Å². The summed E-state index contributed by atoms with van der Waals surface area (Å²) in [5.74, 6) is 0.0667. The van der Waals surface area contributed by atoms with Crippen molar-refractivity contribution in [2.45, 2.75) is 19.3 Å². The Kier molecular flexibility index (Phi) is 4.14. The number of piperidine rings is 1. The van der Waals surface area contributed by atoms with E-state index in [1.165, 1.54) is 6.42 Å². The maximum atomic E-state index is 11.9. The third-order valence-corrected chi connectivity index (χ3v) is 3.10. The van der Waals surface area contributed by atoms with Gasteiger partial charge in [-0.2, -0.15) is 5.26 Å². The molecular weight excluding hydrogens is 224 g/mol. The lowest BCUT2D eigenvalue weighted by Crippen LogP contribution is -2.34. The first-order valence-corrected chi connectivity index (χ1v) is 6.27. The highest BCUT2D eigenvalue weighted by Crippen LogP contribution is 2.10. The highest BCUT2D eigenvalue weighted by atomic mass is 16.2. The van der Waals surface area contributed by atoms with E-state index in [1.807, 2.05) is 17.0 Å². The highest BCUT2D eigenvalue weighted by Gasteiger charge is 2.13. The number of nitriles is 1. The topological polar surface area (TPSA) is 44.1 Å². The zero-order chi connectivity index (χ0) is 12.8. The van der Waals surface area contributed by atoms with Crippen LogP contribution in [0.25, 0.3) is 6.08 Å².